The Morgan fingerprint density at radius 3 is 2.93 bits per heavy atom. The van der Waals surface area contributed by atoms with E-state index in [0.717, 1.165) is 0 Å². The molecule has 0 bridgehead atoms. The van der Waals surface area contributed by atoms with E-state index in [4.69, 9.17) is 14.2 Å². The number of para-hydroxylation sites is 1. The van der Waals surface area contributed by atoms with Gasteiger partial charge >= 0.3 is 5.97 Å². The normalized spacial score (nSPS) is 18.3. The Kier molecular flexibility index (Phi) is 2.87. The van der Waals surface area contributed by atoms with Crippen LogP contribution in [-0.4, -0.2) is 32.4 Å². The van der Waals surface area contributed by atoms with Crippen LogP contribution in [0.25, 0.3) is 0 Å². The number of carbonyl (C=O) groups excluding carboxylic acids is 1. The van der Waals surface area contributed by atoms with E-state index in [1.807, 2.05) is 0 Å². The molecule has 1 fully saturated rings. The van der Waals surface area contributed by atoms with E-state index in [-0.39, 0.29) is 12.1 Å². The molecule has 15 heavy (non-hydrogen) atoms. The molecule has 0 unspecified atom stereocenters. The molecule has 0 radical (unpaired) electrons. The number of hydrogen-bond donors (Lipinski definition) is 0. The van der Waals surface area contributed by atoms with Crippen molar-refractivity contribution in [2.75, 3.05) is 20.3 Å². The van der Waals surface area contributed by atoms with Gasteiger partial charge in [0, 0.05) is 0 Å². The number of hydrogen-bond acceptors (Lipinski definition) is 4. The fourth-order valence-electron chi connectivity index (χ4n) is 1.22. The Labute approximate surface area is 87.8 Å². The minimum absolute atomic E-state index is 0.0867. The second kappa shape index (κ2) is 4.31. The molecule has 0 saturated carbocycles. The lowest BCUT2D eigenvalue weighted by molar-refractivity contribution is 0.0473. The maximum absolute atomic E-state index is 11.6. The Hall–Kier alpha value is -1.55. The first-order valence-electron chi connectivity index (χ1n) is 4.73. The van der Waals surface area contributed by atoms with Crippen LogP contribution < -0.4 is 4.74 Å². The number of ether oxygens (including phenoxy) is 3. The van der Waals surface area contributed by atoms with E-state index in [2.05, 4.69) is 0 Å². The third-order valence-corrected chi connectivity index (χ3v) is 2.13. The van der Waals surface area contributed by atoms with E-state index >= 15 is 0 Å². The van der Waals surface area contributed by atoms with Gasteiger partial charge in [0.2, 0.25) is 0 Å². The third-order valence-electron chi connectivity index (χ3n) is 2.13. The number of esters is 1. The number of rotatable bonds is 4. The minimum atomic E-state index is -0.372. The van der Waals surface area contributed by atoms with Gasteiger partial charge in [-0.1, -0.05) is 12.1 Å². The predicted molar refractivity (Wildman–Crippen MR) is 53.0 cm³/mol. The number of carbonyl (C=O) groups is 1. The van der Waals surface area contributed by atoms with Crippen molar-refractivity contribution in [2.45, 2.75) is 6.10 Å². The summed E-state index contributed by atoms with van der Waals surface area (Å²) in [5.41, 5.74) is 0.445. The van der Waals surface area contributed by atoms with Crippen LogP contribution in [0.5, 0.6) is 5.75 Å². The zero-order valence-electron chi connectivity index (χ0n) is 8.43. The summed E-state index contributed by atoms with van der Waals surface area (Å²) in [6.45, 7) is 0.996. The highest BCUT2D eigenvalue weighted by Gasteiger charge is 2.25. The van der Waals surface area contributed by atoms with Crippen molar-refractivity contribution in [3.05, 3.63) is 29.8 Å². The van der Waals surface area contributed by atoms with E-state index < -0.39 is 0 Å². The molecule has 1 atom stereocenters. The standard InChI is InChI=1S/C11H12O4/c1-13-10-5-3-2-4-9(10)11(12)15-7-8-6-14-8/h2-5,8H,6-7H2,1H3/t8-/m0/s1. The molecule has 2 rings (SSSR count). The minimum Gasteiger partial charge on any atom is -0.496 e. The van der Waals surface area contributed by atoms with Crippen LogP contribution in [0.4, 0.5) is 0 Å². The number of epoxide rings is 1. The van der Waals surface area contributed by atoms with Gasteiger partial charge in [-0.25, -0.2) is 4.79 Å². The van der Waals surface area contributed by atoms with E-state index in [1.54, 1.807) is 24.3 Å². The Morgan fingerprint density at radius 2 is 2.27 bits per heavy atom. The summed E-state index contributed by atoms with van der Waals surface area (Å²) in [6, 6.07) is 6.98. The lowest BCUT2D eigenvalue weighted by Gasteiger charge is -2.07. The van der Waals surface area contributed by atoms with Gasteiger partial charge in [0.1, 0.15) is 24.0 Å². The molecule has 0 spiro atoms. The molecule has 1 aromatic carbocycles. The van der Waals surface area contributed by atoms with Crippen molar-refractivity contribution in [3.63, 3.8) is 0 Å². The molecule has 1 aromatic rings. The maximum Gasteiger partial charge on any atom is 0.342 e. The van der Waals surface area contributed by atoms with Gasteiger partial charge < -0.3 is 14.2 Å². The van der Waals surface area contributed by atoms with Crippen LogP contribution in [0, 0.1) is 0 Å². The second-order valence-corrected chi connectivity index (χ2v) is 3.25. The Balaban J connectivity index is 2.02. The lowest BCUT2D eigenvalue weighted by atomic mass is 10.2. The SMILES string of the molecule is COc1ccccc1C(=O)OC[C@@H]1CO1. The van der Waals surface area contributed by atoms with Gasteiger partial charge in [-0.3, -0.25) is 0 Å². The molecular weight excluding hydrogens is 196 g/mol. The van der Waals surface area contributed by atoms with Crippen LogP contribution in [-0.2, 0) is 9.47 Å². The van der Waals surface area contributed by atoms with Crippen molar-refractivity contribution in [1.29, 1.82) is 0 Å². The summed E-state index contributed by atoms with van der Waals surface area (Å²) < 4.78 is 15.1. The molecule has 0 aliphatic carbocycles. The number of methoxy groups -OCH3 is 1. The molecule has 1 aliphatic heterocycles. The molecule has 0 aromatic heterocycles. The summed E-state index contributed by atoms with van der Waals surface area (Å²) in [5, 5.41) is 0. The zero-order chi connectivity index (χ0) is 10.7. The maximum atomic E-state index is 11.6. The van der Waals surface area contributed by atoms with Crippen LogP contribution in [0.3, 0.4) is 0 Å². The molecule has 0 N–H and O–H groups in total. The van der Waals surface area contributed by atoms with Crippen molar-refractivity contribution >= 4 is 5.97 Å². The average Bonchev–Trinajstić information content (AvgIpc) is 3.09. The quantitative estimate of drug-likeness (QED) is 0.552. The van der Waals surface area contributed by atoms with Gasteiger partial charge in [0.25, 0.3) is 0 Å². The monoisotopic (exact) mass is 208 g/mol. The predicted octanol–water partition coefficient (Wildman–Crippen LogP) is 1.25. The summed E-state index contributed by atoms with van der Waals surface area (Å²) in [4.78, 5) is 11.6. The van der Waals surface area contributed by atoms with Crippen LogP contribution in [0.2, 0.25) is 0 Å². The first-order chi connectivity index (χ1) is 7.31. The Morgan fingerprint density at radius 1 is 1.53 bits per heavy atom. The van der Waals surface area contributed by atoms with Crippen molar-refractivity contribution in [3.8, 4) is 5.75 Å². The van der Waals surface area contributed by atoms with Crippen molar-refractivity contribution < 1.29 is 19.0 Å². The highest BCUT2D eigenvalue weighted by molar-refractivity contribution is 5.92. The fourth-order valence-corrected chi connectivity index (χ4v) is 1.22. The molecule has 1 aliphatic rings. The molecule has 4 nitrogen and oxygen atoms in total. The average molecular weight is 208 g/mol. The van der Waals surface area contributed by atoms with Crippen molar-refractivity contribution in [1.82, 2.24) is 0 Å². The van der Waals surface area contributed by atoms with Gasteiger partial charge in [0.15, 0.2) is 0 Å². The van der Waals surface area contributed by atoms with E-state index in [9.17, 15) is 4.79 Å². The molecule has 4 heteroatoms. The summed E-state index contributed by atoms with van der Waals surface area (Å²) in [6.07, 6.45) is 0.0867. The summed E-state index contributed by atoms with van der Waals surface area (Å²) in [7, 11) is 1.52. The second-order valence-electron chi connectivity index (χ2n) is 3.25. The van der Waals surface area contributed by atoms with E-state index in [1.165, 1.54) is 7.11 Å². The topological polar surface area (TPSA) is 48.1 Å². The first kappa shape index (κ1) is 9.98. The highest BCUT2D eigenvalue weighted by atomic mass is 16.6. The molecule has 80 valence electrons. The smallest absolute Gasteiger partial charge is 0.342 e. The molecular formula is C11H12O4. The summed E-state index contributed by atoms with van der Waals surface area (Å²) >= 11 is 0. The Bertz CT molecular complexity index is 357. The number of benzene rings is 1. The third kappa shape index (κ3) is 2.47. The van der Waals surface area contributed by atoms with Crippen molar-refractivity contribution in [2.24, 2.45) is 0 Å². The summed E-state index contributed by atoms with van der Waals surface area (Å²) in [5.74, 6) is 0.155. The van der Waals surface area contributed by atoms with Gasteiger partial charge in [-0.15, -0.1) is 0 Å². The molecule has 1 heterocycles. The van der Waals surface area contributed by atoms with Gasteiger partial charge in [-0.2, -0.15) is 0 Å². The molecule has 1 saturated heterocycles. The lowest BCUT2D eigenvalue weighted by Crippen LogP contribution is -2.11. The van der Waals surface area contributed by atoms with Crippen LogP contribution in [0.15, 0.2) is 24.3 Å². The fraction of sp³-hybridized carbons (Fsp3) is 0.364. The van der Waals surface area contributed by atoms with E-state index in [0.29, 0.717) is 24.5 Å². The molecule has 0 amide bonds. The van der Waals surface area contributed by atoms with Crippen LogP contribution >= 0.6 is 0 Å². The van der Waals surface area contributed by atoms with Gasteiger partial charge in [0.05, 0.1) is 13.7 Å². The van der Waals surface area contributed by atoms with Gasteiger partial charge in [-0.05, 0) is 12.1 Å². The largest absolute Gasteiger partial charge is 0.496 e. The first-order valence-corrected chi connectivity index (χ1v) is 4.73. The highest BCUT2D eigenvalue weighted by Crippen LogP contribution is 2.19. The van der Waals surface area contributed by atoms with Crippen LogP contribution in [0.1, 0.15) is 10.4 Å². The zero-order valence-corrected chi connectivity index (χ0v) is 8.43.